The van der Waals surface area contributed by atoms with Gasteiger partial charge in [-0.25, -0.2) is 4.79 Å². The van der Waals surface area contributed by atoms with E-state index in [-0.39, 0.29) is 5.91 Å². The molecule has 3 rings (SSSR count). The van der Waals surface area contributed by atoms with Crippen molar-refractivity contribution in [2.24, 2.45) is 0 Å². The smallest absolute Gasteiger partial charge is 0.328 e. The minimum Gasteiger partial charge on any atom is -0.478 e. The monoisotopic (exact) mass is 382 g/mol. The van der Waals surface area contributed by atoms with Crippen LogP contribution in [0.3, 0.4) is 0 Å². The van der Waals surface area contributed by atoms with Crippen LogP contribution in [-0.4, -0.2) is 35.2 Å². The molecular formula is C20H18N2O4S. The molecule has 0 bridgehead atoms. The van der Waals surface area contributed by atoms with E-state index < -0.39 is 11.9 Å². The molecule has 1 aliphatic rings. The maximum atomic E-state index is 12.5. The number of hydrogen-bond donors (Lipinski definition) is 2. The van der Waals surface area contributed by atoms with E-state index >= 15 is 0 Å². The molecule has 0 aromatic heterocycles. The molecule has 0 saturated heterocycles. The fourth-order valence-corrected chi connectivity index (χ4v) is 3.56. The number of aliphatic carboxylic acids is 1. The predicted molar refractivity (Wildman–Crippen MR) is 105 cm³/mol. The second kappa shape index (κ2) is 8.55. The molecule has 0 fully saturated rings. The lowest BCUT2D eigenvalue weighted by Crippen LogP contribution is -2.30. The van der Waals surface area contributed by atoms with Crippen LogP contribution in [0.15, 0.2) is 65.6 Å². The van der Waals surface area contributed by atoms with Gasteiger partial charge in [-0.1, -0.05) is 18.2 Å². The molecule has 0 atom stereocenters. The Hall–Kier alpha value is -3.06. The molecule has 1 aliphatic heterocycles. The fourth-order valence-electron chi connectivity index (χ4n) is 2.79. The Labute approximate surface area is 160 Å². The van der Waals surface area contributed by atoms with Crippen molar-refractivity contribution in [3.05, 3.63) is 66.2 Å². The van der Waals surface area contributed by atoms with Crippen LogP contribution < -0.4 is 10.2 Å². The predicted octanol–water partition coefficient (Wildman–Crippen LogP) is 2.95. The van der Waals surface area contributed by atoms with E-state index in [2.05, 4.69) is 11.4 Å². The van der Waals surface area contributed by atoms with Crippen molar-refractivity contribution in [3.8, 4) is 0 Å². The Balaban J connectivity index is 1.52. The van der Waals surface area contributed by atoms with E-state index in [0.717, 1.165) is 29.2 Å². The van der Waals surface area contributed by atoms with Crippen LogP contribution in [0.5, 0.6) is 0 Å². The lowest BCUT2D eigenvalue weighted by Gasteiger charge is -2.17. The number of thioether (sulfide) groups is 1. The third-order valence-electron chi connectivity index (χ3n) is 4.05. The van der Waals surface area contributed by atoms with E-state index in [9.17, 15) is 14.4 Å². The van der Waals surface area contributed by atoms with Crippen molar-refractivity contribution in [3.63, 3.8) is 0 Å². The second-order valence-corrected chi connectivity index (χ2v) is 6.95. The number of rotatable bonds is 6. The van der Waals surface area contributed by atoms with Crippen LogP contribution in [0.1, 0.15) is 5.56 Å². The van der Waals surface area contributed by atoms with Gasteiger partial charge in [0.25, 0.3) is 0 Å². The van der Waals surface area contributed by atoms with Crippen LogP contribution in [0, 0.1) is 0 Å². The molecular weight excluding hydrogens is 364 g/mol. The zero-order valence-corrected chi connectivity index (χ0v) is 15.2. The molecule has 1 heterocycles. The number of carboxylic acid groups (broad SMARTS) is 1. The van der Waals surface area contributed by atoms with Crippen LogP contribution in [0.4, 0.5) is 11.4 Å². The SMILES string of the molecule is O=C(O)/C=C/C(=O)Nc1ccc(SCC(=O)N2CCc3ccccc32)cc1. The lowest BCUT2D eigenvalue weighted by molar-refractivity contribution is -0.131. The number of para-hydroxylation sites is 1. The van der Waals surface area contributed by atoms with Gasteiger partial charge in [-0.2, -0.15) is 0 Å². The van der Waals surface area contributed by atoms with Gasteiger partial charge >= 0.3 is 5.97 Å². The van der Waals surface area contributed by atoms with Gasteiger partial charge in [-0.15, -0.1) is 11.8 Å². The Kier molecular flexibility index (Phi) is 5.93. The topological polar surface area (TPSA) is 86.7 Å². The third-order valence-corrected chi connectivity index (χ3v) is 5.05. The summed E-state index contributed by atoms with van der Waals surface area (Å²) in [7, 11) is 0. The summed E-state index contributed by atoms with van der Waals surface area (Å²) in [6, 6.07) is 15.0. The number of nitrogens with zero attached hydrogens (tertiary/aromatic N) is 1. The molecule has 138 valence electrons. The van der Waals surface area contributed by atoms with Gasteiger partial charge < -0.3 is 15.3 Å². The molecule has 0 aliphatic carbocycles. The Bertz CT molecular complexity index is 893. The van der Waals surface area contributed by atoms with Crippen LogP contribution in [0.25, 0.3) is 0 Å². The summed E-state index contributed by atoms with van der Waals surface area (Å²) in [5.74, 6) is -1.29. The summed E-state index contributed by atoms with van der Waals surface area (Å²) in [6.07, 6.45) is 2.62. The van der Waals surface area contributed by atoms with Crippen molar-refractivity contribution >= 4 is 40.9 Å². The van der Waals surface area contributed by atoms with Gasteiger partial charge in [0.2, 0.25) is 11.8 Å². The minimum absolute atomic E-state index is 0.0705. The van der Waals surface area contributed by atoms with Crippen molar-refractivity contribution in [2.75, 3.05) is 22.5 Å². The number of carboxylic acids is 1. The quantitative estimate of drug-likeness (QED) is 0.593. The van der Waals surface area contributed by atoms with Crippen molar-refractivity contribution in [2.45, 2.75) is 11.3 Å². The number of carbonyl (C=O) groups excluding carboxylic acids is 2. The van der Waals surface area contributed by atoms with Crippen molar-refractivity contribution in [1.82, 2.24) is 0 Å². The van der Waals surface area contributed by atoms with Gasteiger partial charge in [-0.05, 0) is 42.3 Å². The normalized spacial score (nSPS) is 12.8. The fraction of sp³-hybridized carbons (Fsp3) is 0.150. The number of hydrogen-bond acceptors (Lipinski definition) is 4. The number of fused-ring (bicyclic) bond motifs is 1. The van der Waals surface area contributed by atoms with Crippen LogP contribution in [-0.2, 0) is 20.8 Å². The van der Waals surface area contributed by atoms with Crippen LogP contribution in [0.2, 0.25) is 0 Å². The molecule has 7 heteroatoms. The second-order valence-electron chi connectivity index (χ2n) is 5.90. The van der Waals surface area contributed by atoms with E-state index in [1.807, 2.05) is 35.2 Å². The standard InChI is InChI=1S/C20H18N2O4S/c23-18(9-10-20(25)26)21-15-5-7-16(8-6-15)27-13-19(24)22-12-11-14-3-1-2-4-17(14)22/h1-10H,11-13H2,(H,21,23)(H,25,26)/b10-9+. The summed E-state index contributed by atoms with van der Waals surface area (Å²) in [5.41, 5.74) is 2.75. The highest BCUT2D eigenvalue weighted by atomic mass is 32.2. The Morgan fingerprint density at radius 3 is 2.56 bits per heavy atom. The number of carbonyl (C=O) groups is 3. The Morgan fingerprint density at radius 1 is 1.07 bits per heavy atom. The zero-order chi connectivity index (χ0) is 19.2. The molecule has 6 nitrogen and oxygen atoms in total. The zero-order valence-electron chi connectivity index (χ0n) is 14.4. The molecule has 2 amide bonds. The largest absolute Gasteiger partial charge is 0.478 e. The van der Waals surface area contributed by atoms with Crippen LogP contribution >= 0.6 is 11.8 Å². The van der Waals surface area contributed by atoms with E-state index in [1.165, 1.54) is 17.3 Å². The highest BCUT2D eigenvalue weighted by molar-refractivity contribution is 8.00. The summed E-state index contributed by atoms with van der Waals surface area (Å²) >= 11 is 1.44. The van der Waals surface area contributed by atoms with Gasteiger partial charge in [0, 0.05) is 35.0 Å². The van der Waals surface area contributed by atoms with Gasteiger partial charge in [0.1, 0.15) is 0 Å². The minimum atomic E-state index is -1.18. The first-order valence-electron chi connectivity index (χ1n) is 8.36. The molecule has 0 unspecified atom stereocenters. The number of benzene rings is 2. The van der Waals surface area contributed by atoms with Crippen molar-refractivity contribution < 1.29 is 19.5 Å². The molecule has 2 aromatic rings. The first-order chi connectivity index (χ1) is 13.0. The molecule has 0 spiro atoms. The van der Waals surface area contributed by atoms with E-state index in [4.69, 9.17) is 5.11 Å². The van der Waals surface area contributed by atoms with E-state index in [0.29, 0.717) is 18.0 Å². The summed E-state index contributed by atoms with van der Waals surface area (Å²) in [6.45, 7) is 0.716. The molecule has 2 N–H and O–H groups in total. The number of nitrogens with one attached hydrogen (secondary N) is 1. The molecule has 0 saturated carbocycles. The first-order valence-corrected chi connectivity index (χ1v) is 9.34. The average Bonchev–Trinajstić information content (AvgIpc) is 3.10. The third kappa shape index (κ3) is 4.98. The highest BCUT2D eigenvalue weighted by Gasteiger charge is 2.23. The molecule has 27 heavy (non-hydrogen) atoms. The van der Waals surface area contributed by atoms with Gasteiger partial charge in [0.05, 0.1) is 5.75 Å². The average molecular weight is 382 g/mol. The van der Waals surface area contributed by atoms with Crippen molar-refractivity contribution in [1.29, 1.82) is 0 Å². The first kappa shape index (κ1) is 18.7. The summed E-state index contributed by atoms with van der Waals surface area (Å²) < 4.78 is 0. The maximum Gasteiger partial charge on any atom is 0.328 e. The number of anilines is 2. The Morgan fingerprint density at radius 2 is 1.81 bits per heavy atom. The summed E-state index contributed by atoms with van der Waals surface area (Å²) in [5, 5.41) is 11.1. The highest BCUT2D eigenvalue weighted by Crippen LogP contribution is 2.29. The molecule has 2 aromatic carbocycles. The number of amides is 2. The molecule has 0 radical (unpaired) electrons. The maximum absolute atomic E-state index is 12.5. The van der Waals surface area contributed by atoms with Gasteiger partial charge in [0.15, 0.2) is 0 Å². The summed E-state index contributed by atoms with van der Waals surface area (Å²) in [4.78, 5) is 37.2. The van der Waals surface area contributed by atoms with Gasteiger partial charge in [-0.3, -0.25) is 9.59 Å². The van der Waals surface area contributed by atoms with E-state index in [1.54, 1.807) is 12.1 Å². The lowest BCUT2D eigenvalue weighted by atomic mass is 10.2.